The van der Waals surface area contributed by atoms with Gasteiger partial charge in [0.25, 0.3) is 0 Å². The third kappa shape index (κ3) is 5.33. The van der Waals surface area contributed by atoms with E-state index in [1.165, 1.54) is 24.9 Å². The van der Waals surface area contributed by atoms with Crippen LogP contribution in [0.3, 0.4) is 0 Å². The van der Waals surface area contributed by atoms with E-state index >= 15 is 0 Å². The molecule has 2 aromatic rings. The number of carbonyl (C=O) groups is 2. The molecule has 2 N–H and O–H groups in total. The summed E-state index contributed by atoms with van der Waals surface area (Å²) < 4.78 is 0. The van der Waals surface area contributed by atoms with Gasteiger partial charge in [0.2, 0.25) is 11.8 Å². The molecule has 0 radical (unpaired) electrons. The maximum Gasteiger partial charge on any atom is 0.233 e. The number of carbonyl (C=O) groups excluding carboxylic acids is 2. The first-order chi connectivity index (χ1) is 13.0. The van der Waals surface area contributed by atoms with E-state index in [2.05, 4.69) is 15.5 Å². The lowest BCUT2D eigenvalue weighted by Gasteiger charge is -2.28. The van der Waals surface area contributed by atoms with Gasteiger partial charge in [-0.1, -0.05) is 12.1 Å². The van der Waals surface area contributed by atoms with E-state index in [0.717, 1.165) is 29.9 Å². The van der Waals surface area contributed by atoms with Crippen molar-refractivity contribution in [2.75, 3.05) is 28.6 Å². The fourth-order valence-corrected chi connectivity index (χ4v) is 3.32. The zero-order valence-corrected chi connectivity index (χ0v) is 16.0. The number of aryl methyl sites for hydroxylation is 2. The van der Waals surface area contributed by atoms with Crippen molar-refractivity contribution in [2.24, 2.45) is 0 Å². The van der Waals surface area contributed by atoms with Gasteiger partial charge in [0.15, 0.2) is 0 Å². The number of anilines is 3. The molecule has 0 saturated carbocycles. The van der Waals surface area contributed by atoms with E-state index in [4.69, 9.17) is 0 Å². The Morgan fingerprint density at radius 1 is 0.889 bits per heavy atom. The van der Waals surface area contributed by atoms with Crippen LogP contribution in [0.1, 0.15) is 36.8 Å². The smallest absolute Gasteiger partial charge is 0.233 e. The molecule has 2 aromatic carbocycles. The zero-order chi connectivity index (χ0) is 19.2. The summed E-state index contributed by atoms with van der Waals surface area (Å²) in [7, 11) is 0. The molecule has 5 nitrogen and oxygen atoms in total. The SMILES string of the molecule is Cc1ccc(C)c(NC(=O)CC(=O)Nc2ccc(N3CCCCC3)cc2)c1. The van der Waals surface area contributed by atoms with Crippen LogP contribution in [-0.4, -0.2) is 24.9 Å². The summed E-state index contributed by atoms with van der Waals surface area (Å²) in [6.45, 7) is 6.07. The van der Waals surface area contributed by atoms with Gasteiger partial charge < -0.3 is 15.5 Å². The number of nitrogens with zero attached hydrogens (tertiary/aromatic N) is 1. The lowest BCUT2D eigenvalue weighted by Crippen LogP contribution is -2.29. The predicted molar refractivity (Wildman–Crippen MR) is 110 cm³/mol. The van der Waals surface area contributed by atoms with Crippen molar-refractivity contribution in [3.8, 4) is 0 Å². The number of hydrogen-bond acceptors (Lipinski definition) is 3. The van der Waals surface area contributed by atoms with E-state index < -0.39 is 0 Å². The topological polar surface area (TPSA) is 61.4 Å². The first-order valence-electron chi connectivity index (χ1n) is 9.53. The van der Waals surface area contributed by atoms with Gasteiger partial charge in [0.05, 0.1) is 0 Å². The highest BCUT2D eigenvalue weighted by atomic mass is 16.2. The number of benzene rings is 2. The second-order valence-corrected chi connectivity index (χ2v) is 7.19. The highest BCUT2D eigenvalue weighted by Crippen LogP contribution is 2.22. The maximum absolute atomic E-state index is 12.2. The van der Waals surface area contributed by atoms with E-state index in [9.17, 15) is 9.59 Å². The standard InChI is InChI=1S/C22H27N3O2/c1-16-6-7-17(2)20(14-16)24-22(27)15-21(26)23-18-8-10-19(11-9-18)25-12-4-3-5-13-25/h6-11,14H,3-5,12-13,15H2,1-2H3,(H,23,26)(H,24,27). The van der Waals surface area contributed by atoms with Crippen LogP contribution in [0.2, 0.25) is 0 Å². The minimum absolute atomic E-state index is 0.207. The summed E-state index contributed by atoms with van der Waals surface area (Å²) in [6, 6.07) is 13.7. The van der Waals surface area contributed by atoms with E-state index in [0.29, 0.717) is 5.69 Å². The van der Waals surface area contributed by atoms with Crippen LogP contribution in [0.25, 0.3) is 0 Å². The van der Waals surface area contributed by atoms with Crippen molar-refractivity contribution in [1.29, 1.82) is 0 Å². The number of nitrogens with one attached hydrogen (secondary N) is 2. The van der Waals surface area contributed by atoms with Gasteiger partial charge in [-0.2, -0.15) is 0 Å². The highest BCUT2D eigenvalue weighted by molar-refractivity contribution is 6.08. The van der Waals surface area contributed by atoms with Crippen molar-refractivity contribution in [1.82, 2.24) is 0 Å². The Balaban J connectivity index is 1.52. The summed E-state index contributed by atoms with van der Waals surface area (Å²) >= 11 is 0. The molecule has 0 bridgehead atoms. The second-order valence-electron chi connectivity index (χ2n) is 7.19. The van der Waals surface area contributed by atoms with Crippen molar-refractivity contribution in [2.45, 2.75) is 39.5 Å². The van der Waals surface area contributed by atoms with Gasteiger partial charge in [-0.15, -0.1) is 0 Å². The number of rotatable bonds is 5. The quantitative estimate of drug-likeness (QED) is 0.778. The van der Waals surface area contributed by atoms with Crippen LogP contribution in [-0.2, 0) is 9.59 Å². The van der Waals surface area contributed by atoms with E-state index in [-0.39, 0.29) is 18.2 Å². The average molecular weight is 365 g/mol. The van der Waals surface area contributed by atoms with Crippen molar-refractivity contribution in [3.63, 3.8) is 0 Å². The van der Waals surface area contributed by atoms with Gasteiger partial charge in [0.1, 0.15) is 6.42 Å². The van der Waals surface area contributed by atoms with Crippen LogP contribution in [0, 0.1) is 13.8 Å². The molecule has 1 aliphatic rings. The Hall–Kier alpha value is -2.82. The maximum atomic E-state index is 12.2. The molecule has 0 aromatic heterocycles. The molecule has 1 heterocycles. The van der Waals surface area contributed by atoms with Crippen LogP contribution in [0.4, 0.5) is 17.1 Å². The summed E-state index contributed by atoms with van der Waals surface area (Å²) in [5, 5.41) is 5.61. The molecule has 1 saturated heterocycles. The molecule has 1 fully saturated rings. The van der Waals surface area contributed by atoms with E-state index in [1.54, 1.807) is 0 Å². The van der Waals surface area contributed by atoms with Crippen molar-refractivity contribution in [3.05, 3.63) is 53.6 Å². The molecule has 0 unspecified atom stereocenters. The zero-order valence-electron chi connectivity index (χ0n) is 16.0. The van der Waals surface area contributed by atoms with Gasteiger partial charge in [-0.05, 0) is 74.6 Å². The Kier molecular flexibility index (Phi) is 6.12. The van der Waals surface area contributed by atoms with Crippen molar-refractivity contribution < 1.29 is 9.59 Å². The monoisotopic (exact) mass is 365 g/mol. The fraction of sp³-hybridized carbons (Fsp3) is 0.364. The molecule has 0 aliphatic carbocycles. The first kappa shape index (κ1) is 19.0. The molecule has 1 aliphatic heterocycles. The molecule has 5 heteroatoms. The minimum Gasteiger partial charge on any atom is -0.372 e. The molecular weight excluding hydrogens is 338 g/mol. The van der Waals surface area contributed by atoms with Crippen LogP contribution < -0.4 is 15.5 Å². The summed E-state index contributed by atoms with van der Waals surface area (Å²) in [6.07, 6.45) is 3.55. The van der Waals surface area contributed by atoms with Crippen molar-refractivity contribution >= 4 is 28.9 Å². The molecule has 3 rings (SSSR count). The molecule has 2 amide bonds. The highest BCUT2D eigenvalue weighted by Gasteiger charge is 2.13. The van der Waals surface area contributed by atoms with Crippen LogP contribution >= 0.6 is 0 Å². The number of hydrogen-bond donors (Lipinski definition) is 2. The normalized spacial score (nSPS) is 13.9. The second kappa shape index (κ2) is 8.71. The van der Waals surface area contributed by atoms with Gasteiger partial charge in [-0.25, -0.2) is 0 Å². The molecule has 142 valence electrons. The van der Waals surface area contributed by atoms with Gasteiger partial charge in [0, 0.05) is 30.2 Å². The predicted octanol–water partition coefficient (Wildman–Crippen LogP) is 4.26. The van der Waals surface area contributed by atoms with Gasteiger partial charge in [-0.3, -0.25) is 9.59 Å². The van der Waals surface area contributed by atoms with Gasteiger partial charge >= 0.3 is 0 Å². The third-order valence-electron chi connectivity index (χ3n) is 4.86. The Bertz CT molecular complexity index is 809. The van der Waals surface area contributed by atoms with E-state index in [1.807, 2.05) is 56.3 Å². The molecular formula is C22H27N3O2. The van der Waals surface area contributed by atoms with Crippen LogP contribution in [0.5, 0.6) is 0 Å². The molecule has 27 heavy (non-hydrogen) atoms. The summed E-state index contributed by atoms with van der Waals surface area (Å²) in [5.41, 5.74) is 4.68. The summed E-state index contributed by atoms with van der Waals surface area (Å²) in [4.78, 5) is 26.7. The lowest BCUT2D eigenvalue weighted by atomic mass is 10.1. The first-order valence-corrected chi connectivity index (χ1v) is 9.53. The molecule has 0 spiro atoms. The summed E-state index contributed by atoms with van der Waals surface area (Å²) in [5.74, 6) is -0.630. The lowest BCUT2D eigenvalue weighted by molar-refractivity contribution is -0.123. The average Bonchev–Trinajstić information content (AvgIpc) is 2.66. The number of amides is 2. The Labute approximate surface area is 160 Å². The number of piperidine rings is 1. The molecule has 0 atom stereocenters. The Morgan fingerprint density at radius 3 is 2.26 bits per heavy atom. The minimum atomic E-state index is -0.316. The largest absolute Gasteiger partial charge is 0.372 e. The fourth-order valence-electron chi connectivity index (χ4n) is 3.32. The Morgan fingerprint density at radius 2 is 1.56 bits per heavy atom. The van der Waals surface area contributed by atoms with Crippen LogP contribution in [0.15, 0.2) is 42.5 Å². The third-order valence-corrected chi connectivity index (χ3v) is 4.86.